The van der Waals surface area contributed by atoms with E-state index in [4.69, 9.17) is 0 Å². The van der Waals surface area contributed by atoms with E-state index >= 15 is 0 Å². The van der Waals surface area contributed by atoms with Gasteiger partial charge in [-0.1, -0.05) is 48.0 Å². The Balaban J connectivity index is 1.68. The second kappa shape index (κ2) is 8.23. The third-order valence-corrected chi connectivity index (χ3v) is 6.91. The Morgan fingerprint density at radius 2 is 1.78 bits per heavy atom. The van der Waals surface area contributed by atoms with Crippen LogP contribution < -0.4 is 0 Å². The van der Waals surface area contributed by atoms with Crippen LogP contribution in [-0.2, 0) is 21.4 Å². The molecule has 144 valence electrons. The van der Waals surface area contributed by atoms with Crippen molar-refractivity contribution in [1.82, 2.24) is 9.21 Å². The van der Waals surface area contributed by atoms with Gasteiger partial charge in [0.1, 0.15) is 0 Å². The van der Waals surface area contributed by atoms with Crippen LogP contribution in [0.5, 0.6) is 0 Å². The number of amides is 1. The van der Waals surface area contributed by atoms with E-state index in [1.54, 1.807) is 42.3 Å². The Morgan fingerprint density at radius 3 is 2.44 bits per heavy atom. The Morgan fingerprint density at radius 1 is 1.11 bits per heavy atom. The fourth-order valence-corrected chi connectivity index (χ4v) is 5.01. The molecule has 0 saturated carbocycles. The minimum atomic E-state index is -3.56. The number of hydrogen-bond acceptors (Lipinski definition) is 3. The molecule has 1 amide bonds. The lowest BCUT2D eigenvalue weighted by molar-refractivity contribution is -0.135. The Bertz CT molecular complexity index is 879. The second-order valence-electron chi connectivity index (χ2n) is 7.20. The number of rotatable bonds is 5. The van der Waals surface area contributed by atoms with Gasteiger partial charge < -0.3 is 4.90 Å². The number of benzene rings is 2. The minimum Gasteiger partial charge on any atom is -0.341 e. The van der Waals surface area contributed by atoms with Crippen molar-refractivity contribution in [2.75, 3.05) is 20.1 Å². The first-order chi connectivity index (χ1) is 12.9. The Kier molecular flexibility index (Phi) is 5.97. The predicted octanol–water partition coefficient (Wildman–Crippen LogP) is 3.05. The van der Waals surface area contributed by atoms with Crippen LogP contribution >= 0.6 is 0 Å². The summed E-state index contributed by atoms with van der Waals surface area (Å²) in [6.07, 6.45) is 1.42. The van der Waals surface area contributed by atoms with Crippen molar-refractivity contribution in [3.8, 4) is 0 Å². The van der Waals surface area contributed by atoms with Crippen LogP contribution in [0.1, 0.15) is 24.0 Å². The van der Waals surface area contributed by atoms with Gasteiger partial charge in [-0.25, -0.2) is 8.42 Å². The monoisotopic (exact) mass is 386 g/mol. The fourth-order valence-electron chi connectivity index (χ4n) is 3.46. The number of sulfonamides is 1. The summed E-state index contributed by atoms with van der Waals surface area (Å²) >= 11 is 0. The van der Waals surface area contributed by atoms with Crippen molar-refractivity contribution >= 4 is 15.9 Å². The average Bonchev–Trinajstić information content (AvgIpc) is 2.70. The van der Waals surface area contributed by atoms with Gasteiger partial charge in [-0.3, -0.25) is 4.79 Å². The quantitative estimate of drug-likeness (QED) is 0.794. The van der Waals surface area contributed by atoms with Gasteiger partial charge >= 0.3 is 0 Å². The first-order valence-electron chi connectivity index (χ1n) is 9.23. The summed E-state index contributed by atoms with van der Waals surface area (Å²) in [5, 5.41) is 0. The van der Waals surface area contributed by atoms with E-state index in [1.807, 2.05) is 31.2 Å². The van der Waals surface area contributed by atoms with Gasteiger partial charge in [0.25, 0.3) is 0 Å². The molecular weight excluding hydrogens is 360 g/mol. The highest BCUT2D eigenvalue weighted by molar-refractivity contribution is 7.89. The van der Waals surface area contributed by atoms with Crippen LogP contribution in [0, 0.1) is 12.8 Å². The lowest BCUT2D eigenvalue weighted by Gasteiger charge is -2.33. The lowest BCUT2D eigenvalue weighted by atomic mass is 9.98. The maximum Gasteiger partial charge on any atom is 0.243 e. The summed E-state index contributed by atoms with van der Waals surface area (Å²) in [7, 11) is -1.77. The Hall–Kier alpha value is -2.18. The predicted molar refractivity (Wildman–Crippen MR) is 106 cm³/mol. The van der Waals surface area contributed by atoms with Gasteiger partial charge in [0.05, 0.1) is 10.8 Å². The maximum atomic E-state index is 12.9. The van der Waals surface area contributed by atoms with E-state index in [0.717, 1.165) is 12.0 Å². The number of carbonyl (C=O) groups excluding carboxylic acids is 1. The molecule has 1 aliphatic rings. The first-order valence-corrected chi connectivity index (χ1v) is 10.7. The molecule has 1 saturated heterocycles. The van der Waals surface area contributed by atoms with E-state index in [1.165, 1.54) is 9.87 Å². The van der Waals surface area contributed by atoms with Crippen molar-refractivity contribution < 1.29 is 13.2 Å². The second-order valence-corrected chi connectivity index (χ2v) is 9.13. The summed E-state index contributed by atoms with van der Waals surface area (Å²) in [6.45, 7) is 3.26. The normalized spacial score (nSPS) is 18.2. The van der Waals surface area contributed by atoms with E-state index in [-0.39, 0.29) is 23.3 Å². The topological polar surface area (TPSA) is 57.7 Å². The third kappa shape index (κ3) is 4.57. The molecule has 1 atom stereocenters. The third-order valence-electron chi connectivity index (χ3n) is 5.03. The molecule has 0 bridgehead atoms. The molecule has 0 radical (unpaired) electrons. The largest absolute Gasteiger partial charge is 0.341 e. The molecule has 0 unspecified atom stereocenters. The van der Waals surface area contributed by atoms with Crippen molar-refractivity contribution in [2.24, 2.45) is 5.92 Å². The fraction of sp³-hybridized carbons (Fsp3) is 0.381. The molecule has 0 aliphatic carbocycles. The molecule has 3 rings (SSSR count). The molecule has 0 spiro atoms. The summed E-state index contributed by atoms with van der Waals surface area (Å²) in [5.41, 5.74) is 2.25. The van der Waals surface area contributed by atoms with Gasteiger partial charge in [-0.2, -0.15) is 4.31 Å². The zero-order valence-corrected chi connectivity index (χ0v) is 16.7. The van der Waals surface area contributed by atoms with Crippen LogP contribution in [0.4, 0.5) is 0 Å². The average molecular weight is 387 g/mol. The highest BCUT2D eigenvalue weighted by Crippen LogP contribution is 2.25. The van der Waals surface area contributed by atoms with Gasteiger partial charge in [-0.05, 0) is 37.5 Å². The summed E-state index contributed by atoms with van der Waals surface area (Å²) in [4.78, 5) is 14.9. The minimum absolute atomic E-state index is 0.00327. The smallest absolute Gasteiger partial charge is 0.243 e. The zero-order valence-electron chi connectivity index (χ0n) is 15.8. The molecule has 1 heterocycles. The van der Waals surface area contributed by atoms with E-state index < -0.39 is 10.0 Å². The van der Waals surface area contributed by atoms with Crippen LogP contribution in [0.2, 0.25) is 0 Å². The number of aryl methyl sites for hydroxylation is 1. The molecule has 5 nitrogen and oxygen atoms in total. The lowest BCUT2D eigenvalue weighted by Crippen LogP contribution is -2.45. The van der Waals surface area contributed by atoms with E-state index in [2.05, 4.69) is 0 Å². The molecule has 27 heavy (non-hydrogen) atoms. The SMILES string of the molecule is Cc1ccc(CN(C)C(=O)[C@@H]2CCCN(S(=O)(=O)c3ccccc3)C2)cc1. The van der Waals surface area contributed by atoms with Crippen LogP contribution in [-0.4, -0.2) is 43.7 Å². The highest BCUT2D eigenvalue weighted by Gasteiger charge is 2.34. The first kappa shape index (κ1) is 19.6. The van der Waals surface area contributed by atoms with Crippen LogP contribution in [0.25, 0.3) is 0 Å². The molecule has 1 aliphatic heterocycles. The molecule has 1 fully saturated rings. The number of carbonyl (C=O) groups is 1. The van der Waals surface area contributed by atoms with Crippen molar-refractivity contribution in [3.05, 3.63) is 65.7 Å². The molecule has 0 aromatic heterocycles. The molecule has 0 N–H and O–H groups in total. The van der Waals surface area contributed by atoms with E-state index in [9.17, 15) is 13.2 Å². The maximum absolute atomic E-state index is 12.9. The summed E-state index contributed by atoms with van der Waals surface area (Å²) in [6, 6.07) is 16.5. The van der Waals surface area contributed by atoms with Gasteiger partial charge in [0.2, 0.25) is 15.9 Å². The summed E-state index contributed by atoms with van der Waals surface area (Å²) < 4.78 is 27.2. The van der Waals surface area contributed by atoms with Gasteiger partial charge in [0.15, 0.2) is 0 Å². The van der Waals surface area contributed by atoms with Gasteiger partial charge in [0, 0.05) is 26.7 Å². The molecular formula is C21H26N2O3S. The van der Waals surface area contributed by atoms with Crippen molar-refractivity contribution in [2.45, 2.75) is 31.2 Å². The summed E-state index contributed by atoms with van der Waals surface area (Å²) in [5.74, 6) is -0.295. The van der Waals surface area contributed by atoms with Crippen molar-refractivity contribution in [1.29, 1.82) is 0 Å². The molecule has 2 aromatic carbocycles. The number of nitrogens with zero attached hydrogens (tertiary/aromatic N) is 2. The number of piperidine rings is 1. The van der Waals surface area contributed by atoms with Gasteiger partial charge in [-0.15, -0.1) is 0 Å². The molecule has 2 aromatic rings. The highest BCUT2D eigenvalue weighted by atomic mass is 32.2. The number of hydrogen-bond donors (Lipinski definition) is 0. The zero-order chi connectivity index (χ0) is 19.4. The van der Waals surface area contributed by atoms with Crippen LogP contribution in [0.15, 0.2) is 59.5 Å². The molecule has 6 heteroatoms. The van der Waals surface area contributed by atoms with Crippen molar-refractivity contribution in [3.63, 3.8) is 0 Å². The standard InChI is InChI=1S/C21H26N2O3S/c1-17-10-12-18(13-11-17)15-22(2)21(24)19-7-6-14-23(16-19)27(25,26)20-8-4-3-5-9-20/h3-5,8-13,19H,6-7,14-16H2,1-2H3/t19-/m1/s1. The van der Waals surface area contributed by atoms with E-state index in [0.29, 0.717) is 19.5 Å². The Labute approximate surface area is 161 Å². The van der Waals surface area contributed by atoms with Crippen LogP contribution in [0.3, 0.4) is 0 Å².